The molecule has 2 aromatic carbocycles. The lowest BCUT2D eigenvalue weighted by Gasteiger charge is -2.26. The van der Waals surface area contributed by atoms with E-state index in [-0.39, 0.29) is 24.2 Å². The largest absolute Gasteiger partial charge is 0.497 e. The molecule has 0 saturated carbocycles. The molecule has 1 fully saturated rings. The fourth-order valence-electron chi connectivity index (χ4n) is 3.37. The Kier molecular flexibility index (Phi) is 5.98. The first-order chi connectivity index (χ1) is 13.5. The Bertz CT molecular complexity index is 852. The third-order valence-electron chi connectivity index (χ3n) is 4.78. The summed E-state index contributed by atoms with van der Waals surface area (Å²) in [4.78, 5) is 24.7. The van der Waals surface area contributed by atoms with Crippen LogP contribution >= 0.6 is 0 Å². The number of nitro benzene ring substituents is 1. The molecule has 148 valence electrons. The van der Waals surface area contributed by atoms with Crippen molar-refractivity contribution in [2.75, 3.05) is 27.4 Å². The van der Waals surface area contributed by atoms with Crippen molar-refractivity contribution >= 4 is 11.6 Å². The number of ether oxygens (including phenoxy) is 3. The molecule has 3 rings (SSSR count). The van der Waals surface area contributed by atoms with E-state index in [2.05, 4.69) is 0 Å². The highest BCUT2D eigenvalue weighted by Crippen LogP contribution is 2.38. The molecule has 2 aromatic rings. The topological polar surface area (TPSA) is 91.1 Å². The molecule has 0 spiro atoms. The number of carbonyl (C=O) groups is 1. The minimum atomic E-state index is -0.480. The molecule has 0 aliphatic carbocycles. The summed E-state index contributed by atoms with van der Waals surface area (Å²) in [5.41, 5.74) is 0.911. The summed E-state index contributed by atoms with van der Waals surface area (Å²) in [6, 6.07) is 11.2. The second kappa shape index (κ2) is 8.60. The normalized spacial score (nSPS) is 15.9. The van der Waals surface area contributed by atoms with Crippen molar-refractivity contribution in [3.05, 3.63) is 58.1 Å². The van der Waals surface area contributed by atoms with Crippen LogP contribution in [0.4, 0.5) is 5.69 Å². The Morgan fingerprint density at radius 1 is 1.14 bits per heavy atom. The lowest BCUT2D eigenvalue weighted by atomic mass is 10.0. The average Bonchev–Trinajstić information content (AvgIpc) is 3.21. The highest BCUT2D eigenvalue weighted by molar-refractivity contribution is 5.78. The standard InChI is InChI=1S/C20H22N2O6/c1-26-16-9-10-17(19(12-16)27-2)18-4-3-11-21(18)20(23)13-28-15-7-5-14(6-8-15)22(24)25/h5-10,12,18H,3-4,11,13H2,1-2H3/t18-/m1/s1. The molecular formula is C20H22N2O6. The summed E-state index contributed by atoms with van der Waals surface area (Å²) < 4.78 is 16.2. The van der Waals surface area contributed by atoms with Gasteiger partial charge >= 0.3 is 0 Å². The van der Waals surface area contributed by atoms with E-state index in [0.29, 0.717) is 23.8 Å². The van der Waals surface area contributed by atoms with Gasteiger partial charge in [-0.15, -0.1) is 0 Å². The fraction of sp³-hybridized carbons (Fsp3) is 0.350. The van der Waals surface area contributed by atoms with Crippen molar-refractivity contribution in [3.8, 4) is 17.2 Å². The number of nitro groups is 1. The average molecular weight is 386 g/mol. The predicted octanol–water partition coefficient (Wildman–Crippen LogP) is 3.35. The molecule has 0 bridgehead atoms. The van der Waals surface area contributed by atoms with E-state index in [9.17, 15) is 14.9 Å². The van der Waals surface area contributed by atoms with Crippen LogP contribution in [0.2, 0.25) is 0 Å². The van der Waals surface area contributed by atoms with Gasteiger partial charge in [-0.2, -0.15) is 0 Å². The van der Waals surface area contributed by atoms with Gasteiger partial charge in [-0.1, -0.05) is 0 Å². The zero-order valence-corrected chi connectivity index (χ0v) is 15.8. The number of carbonyl (C=O) groups excluding carboxylic acids is 1. The number of nitrogens with zero attached hydrogens (tertiary/aromatic N) is 2. The van der Waals surface area contributed by atoms with Crippen LogP contribution < -0.4 is 14.2 Å². The number of amides is 1. The van der Waals surface area contributed by atoms with Gasteiger partial charge < -0.3 is 19.1 Å². The first-order valence-corrected chi connectivity index (χ1v) is 8.92. The van der Waals surface area contributed by atoms with Crippen LogP contribution in [-0.4, -0.2) is 43.1 Å². The molecule has 1 heterocycles. The molecule has 0 radical (unpaired) electrons. The lowest BCUT2D eigenvalue weighted by molar-refractivity contribution is -0.384. The summed E-state index contributed by atoms with van der Waals surface area (Å²) in [5, 5.41) is 10.7. The summed E-state index contributed by atoms with van der Waals surface area (Å²) in [6.07, 6.45) is 1.73. The van der Waals surface area contributed by atoms with E-state index in [1.165, 1.54) is 24.3 Å². The number of rotatable bonds is 7. The Hall–Kier alpha value is -3.29. The van der Waals surface area contributed by atoms with Crippen LogP contribution in [0.15, 0.2) is 42.5 Å². The van der Waals surface area contributed by atoms with E-state index in [0.717, 1.165) is 18.4 Å². The highest BCUT2D eigenvalue weighted by atomic mass is 16.6. The molecule has 0 unspecified atom stereocenters. The Labute approximate surface area is 162 Å². The van der Waals surface area contributed by atoms with E-state index in [1.807, 2.05) is 18.2 Å². The first kappa shape index (κ1) is 19.5. The van der Waals surface area contributed by atoms with E-state index in [4.69, 9.17) is 14.2 Å². The number of hydrogen-bond acceptors (Lipinski definition) is 6. The third kappa shape index (κ3) is 4.16. The van der Waals surface area contributed by atoms with Gasteiger partial charge in [0.15, 0.2) is 6.61 Å². The number of hydrogen-bond donors (Lipinski definition) is 0. The molecule has 8 nitrogen and oxygen atoms in total. The molecule has 1 amide bonds. The summed E-state index contributed by atoms with van der Waals surface area (Å²) >= 11 is 0. The minimum Gasteiger partial charge on any atom is -0.497 e. The number of likely N-dealkylation sites (tertiary alicyclic amines) is 1. The van der Waals surface area contributed by atoms with Gasteiger partial charge in [0.2, 0.25) is 0 Å². The van der Waals surface area contributed by atoms with Gasteiger partial charge in [0, 0.05) is 30.3 Å². The first-order valence-electron chi connectivity index (χ1n) is 8.92. The summed E-state index contributed by atoms with van der Waals surface area (Å²) in [6.45, 7) is 0.509. The minimum absolute atomic E-state index is 0.0233. The van der Waals surface area contributed by atoms with Crippen LogP contribution in [0.25, 0.3) is 0 Å². The second-order valence-corrected chi connectivity index (χ2v) is 6.39. The Balaban J connectivity index is 1.68. The maximum atomic E-state index is 12.7. The molecule has 8 heteroatoms. The van der Waals surface area contributed by atoms with Gasteiger partial charge in [-0.25, -0.2) is 0 Å². The predicted molar refractivity (Wildman–Crippen MR) is 102 cm³/mol. The maximum Gasteiger partial charge on any atom is 0.269 e. The van der Waals surface area contributed by atoms with Crippen LogP contribution in [0.1, 0.15) is 24.4 Å². The van der Waals surface area contributed by atoms with Crippen molar-refractivity contribution in [1.29, 1.82) is 0 Å². The van der Waals surface area contributed by atoms with Gasteiger partial charge in [0.1, 0.15) is 17.2 Å². The Morgan fingerprint density at radius 2 is 1.86 bits per heavy atom. The van der Waals surface area contributed by atoms with Gasteiger partial charge in [0.05, 0.1) is 25.2 Å². The monoisotopic (exact) mass is 386 g/mol. The second-order valence-electron chi connectivity index (χ2n) is 6.39. The molecule has 0 aromatic heterocycles. The summed E-state index contributed by atoms with van der Waals surface area (Å²) in [5.74, 6) is 1.65. The molecule has 1 saturated heterocycles. The van der Waals surface area contributed by atoms with Gasteiger partial charge in [-0.3, -0.25) is 14.9 Å². The number of benzene rings is 2. The van der Waals surface area contributed by atoms with E-state index >= 15 is 0 Å². The van der Waals surface area contributed by atoms with E-state index in [1.54, 1.807) is 19.1 Å². The van der Waals surface area contributed by atoms with Crippen molar-refractivity contribution in [2.24, 2.45) is 0 Å². The molecule has 0 N–H and O–H groups in total. The molecular weight excluding hydrogens is 364 g/mol. The molecule has 1 atom stereocenters. The van der Waals surface area contributed by atoms with Gasteiger partial charge in [0.25, 0.3) is 11.6 Å². The molecule has 1 aliphatic rings. The number of methoxy groups -OCH3 is 2. The van der Waals surface area contributed by atoms with Crippen LogP contribution in [-0.2, 0) is 4.79 Å². The van der Waals surface area contributed by atoms with Crippen LogP contribution in [0.5, 0.6) is 17.2 Å². The maximum absolute atomic E-state index is 12.7. The van der Waals surface area contributed by atoms with Gasteiger partial charge in [-0.05, 0) is 37.1 Å². The Morgan fingerprint density at radius 3 is 2.50 bits per heavy atom. The quantitative estimate of drug-likeness (QED) is 0.535. The SMILES string of the molecule is COc1ccc([C@H]2CCCN2C(=O)COc2ccc([N+](=O)[O-])cc2)c(OC)c1. The van der Waals surface area contributed by atoms with Crippen molar-refractivity contribution < 1.29 is 23.9 Å². The summed E-state index contributed by atoms with van der Waals surface area (Å²) in [7, 11) is 3.19. The molecule has 28 heavy (non-hydrogen) atoms. The van der Waals surface area contributed by atoms with Crippen molar-refractivity contribution in [2.45, 2.75) is 18.9 Å². The smallest absolute Gasteiger partial charge is 0.269 e. The fourth-order valence-corrected chi connectivity index (χ4v) is 3.37. The van der Waals surface area contributed by atoms with E-state index < -0.39 is 4.92 Å². The third-order valence-corrected chi connectivity index (χ3v) is 4.78. The number of non-ortho nitro benzene ring substituents is 1. The van der Waals surface area contributed by atoms with Crippen LogP contribution in [0, 0.1) is 10.1 Å². The molecule has 1 aliphatic heterocycles. The zero-order valence-electron chi connectivity index (χ0n) is 15.8. The van der Waals surface area contributed by atoms with Crippen LogP contribution in [0.3, 0.4) is 0 Å². The highest BCUT2D eigenvalue weighted by Gasteiger charge is 2.32. The van der Waals surface area contributed by atoms with Crippen molar-refractivity contribution in [1.82, 2.24) is 4.90 Å². The lowest BCUT2D eigenvalue weighted by Crippen LogP contribution is -2.34. The van der Waals surface area contributed by atoms with Crippen molar-refractivity contribution in [3.63, 3.8) is 0 Å². The zero-order chi connectivity index (χ0) is 20.1.